The number of aliphatic hydroxyl groups is 1. The van der Waals surface area contributed by atoms with Gasteiger partial charge < -0.3 is 30.0 Å². The van der Waals surface area contributed by atoms with E-state index in [4.69, 9.17) is 35.9 Å². The van der Waals surface area contributed by atoms with Crippen LogP contribution < -0.4 is 24.8 Å². The number of nitrogens with one attached hydrogen (secondary N) is 2. The monoisotopic (exact) mass is 707 g/mol. The van der Waals surface area contributed by atoms with Crippen molar-refractivity contribution in [3.05, 3.63) is 83.0 Å². The van der Waals surface area contributed by atoms with Crippen LogP contribution in [0.1, 0.15) is 17.5 Å². The molecule has 0 saturated carbocycles. The van der Waals surface area contributed by atoms with Gasteiger partial charge in [-0.2, -0.15) is 5.10 Å². The second-order valence-electron chi connectivity index (χ2n) is 13.4. The maximum absolute atomic E-state index is 11.8. The molecular weight excluding hydrogens is 670 g/mol. The van der Waals surface area contributed by atoms with Crippen LogP contribution in [0.25, 0.3) is 39.0 Å². The van der Waals surface area contributed by atoms with Crippen LogP contribution in [-0.2, 0) is 11.3 Å². The third-order valence-electron chi connectivity index (χ3n) is 10.0. The zero-order chi connectivity index (χ0) is 35.3. The first kappa shape index (κ1) is 33.0. The summed E-state index contributed by atoms with van der Waals surface area (Å²) in [5.74, 6) is 2.44. The molecule has 3 aromatic carbocycles. The van der Waals surface area contributed by atoms with Crippen molar-refractivity contribution in [1.82, 2.24) is 30.3 Å². The second kappa shape index (κ2) is 13.2. The lowest BCUT2D eigenvalue weighted by atomic mass is 9.79. The molecule has 0 radical (unpaired) electrons. The molecule has 8 rings (SSSR count). The molecule has 2 fully saturated rings. The molecule has 51 heavy (non-hydrogen) atoms. The highest BCUT2D eigenvalue weighted by Crippen LogP contribution is 2.42. The Balaban J connectivity index is 1.10. The Labute approximate surface area is 300 Å². The highest BCUT2D eigenvalue weighted by Gasteiger charge is 2.48. The Morgan fingerprint density at radius 2 is 1.73 bits per heavy atom. The number of benzene rings is 3. The standard InChI is InChI=1S/C38H38ClN7O5/c1-49-31-12-24(13-32(50-2)34(31)36-40-15-23(18-47)43-36)46-30-9-5-6-25(28(30)16-42-46)26-7-4-8-27(35(26)39)29-11-10-22(37(44-29)51-3)17-45-20-38(21-45)14-33(48)41-19-38/h4-13,16,23,47H,14-15,17-21H2,1-3H3,(H,40,43)(H,41,48)/t23-/m0/s1. The first-order chi connectivity index (χ1) is 24.8. The summed E-state index contributed by atoms with van der Waals surface area (Å²) in [5, 5.41) is 22.1. The van der Waals surface area contributed by atoms with Gasteiger partial charge in [0.2, 0.25) is 11.8 Å². The number of aliphatic imine (C=N–C) groups is 1. The number of carbonyl (C=O) groups excluding carboxylic acids is 1. The van der Waals surface area contributed by atoms with Crippen LogP contribution in [0.15, 0.2) is 71.9 Å². The molecule has 262 valence electrons. The first-order valence-corrected chi connectivity index (χ1v) is 17.2. The number of nitrogens with zero attached hydrogens (tertiary/aromatic N) is 5. The van der Waals surface area contributed by atoms with Crippen molar-refractivity contribution >= 4 is 34.2 Å². The van der Waals surface area contributed by atoms with E-state index in [2.05, 4.69) is 20.5 Å². The van der Waals surface area contributed by atoms with Gasteiger partial charge in [0.05, 0.1) is 68.6 Å². The number of carbonyl (C=O) groups is 1. The van der Waals surface area contributed by atoms with Crippen molar-refractivity contribution in [2.75, 3.05) is 54.1 Å². The minimum atomic E-state index is -0.155. The zero-order valence-corrected chi connectivity index (χ0v) is 29.3. The molecule has 12 nitrogen and oxygen atoms in total. The average Bonchev–Trinajstić information content (AvgIpc) is 3.90. The van der Waals surface area contributed by atoms with Gasteiger partial charge in [0.1, 0.15) is 22.9 Å². The minimum Gasteiger partial charge on any atom is -0.496 e. The lowest BCUT2D eigenvalue weighted by molar-refractivity contribution is -0.120. The summed E-state index contributed by atoms with van der Waals surface area (Å²) in [6, 6.07) is 19.7. The number of fused-ring (bicyclic) bond motifs is 1. The molecule has 0 unspecified atom stereocenters. The zero-order valence-electron chi connectivity index (χ0n) is 28.6. The third-order valence-corrected chi connectivity index (χ3v) is 10.4. The third kappa shape index (κ3) is 5.82. The van der Waals surface area contributed by atoms with E-state index in [9.17, 15) is 9.90 Å². The largest absolute Gasteiger partial charge is 0.496 e. The quantitative estimate of drug-likeness (QED) is 0.192. The van der Waals surface area contributed by atoms with Crippen LogP contribution in [-0.4, -0.2) is 96.7 Å². The number of halogens is 1. The molecule has 3 aliphatic rings. The Kier molecular flexibility index (Phi) is 8.53. The number of hydrogen-bond donors (Lipinski definition) is 3. The van der Waals surface area contributed by atoms with E-state index in [-0.39, 0.29) is 24.0 Å². The van der Waals surface area contributed by atoms with Gasteiger partial charge in [-0.3, -0.25) is 14.7 Å². The smallest absolute Gasteiger partial charge is 0.220 e. The number of hydrogen-bond acceptors (Lipinski definition) is 10. The fraction of sp³-hybridized carbons (Fsp3) is 0.316. The summed E-state index contributed by atoms with van der Waals surface area (Å²) in [5.41, 5.74) is 6.63. The van der Waals surface area contributed by atoms with Crippen molar-refractivity contribution in [3.63, 3.8) is 0 Å². The molecule has 5 aromatic rings. The van der Waals surface area contributed by atoms with E-state index >= 15 is 0 Å². The van der Waals surface area contributed by atoms with Crippen molar-refractivity contribution in [1.29, 1.82) is 0 Å². The molecule has 0 bridgehead atoms. The van der Waals surface area contributed by atoms with E-state index in [1.165, 1.54) is 0 Å². The summed E-state index contributed by atoms with van der Waals surface area (Å²) in [7, 11) is 4.84. The Hall–Kier alpha value is -5.17. The maximum Gasteiger partial charge on any atom is 0.220 e. The van der Waals surface area contributed by atoms with Crippen LogP contribution in [0.3, 0.4) is 0 Å². The number of aliphatic hydroxyl groups excluding tert-OH is 1. The van der Waals surface area contributed by atoms with Gasteiger partial charge in [-0.1, -0.05) is 48.0 Å². The number of likely N-dealkylation sites (tertiary alicyclic amines) is 1. The number of amides is 1. The van der Waals surface area contributed by atoms with Crippen LogP contribution in [0.5, 0.6) is 17.4 Å². The van der Waals surface area contributed by atoms with E-state index in [0.29, 0.717) is 59.0 Å². The average molecular weight is 708 g/mol. The molecule has 2 aromatic heterocycles. The molecule has 3 N–H and O–H groups in total. The van der Waals surface area contributed by atoms with Crippen LogP contribution >= 0.6 is 11.6 Å². The van der Waals surface area contributed by atoms with Crippen LogP contribution in [0.2, 0.25) is 5.02 Å². The number of amidine groups is 1. The van der Waals surface area contributed by atoms with Crippen LogP contribution in [0.4, 0.5) is 0 Å². The lowest BCUT2D eigenvalue weighted by Crippen LogP contribution is -2.56. The number of methoxy groups -OCH3 is 3. The Morgan fingerprint density at radius 1 is 0.980 bits per heavy atom. The molecule has 5 heterocycles. The normalized spacial score (nSPS) is 18.0. The number of ether oxygens (including phenoxy) is 3. The topological polar surface area (TPSA) is 135 Å². The van der Waals surface area contributed by atoms with E-state index in [0.717, 1.165) is 58.5 Å². The van der Waals surface area contributed by atoms with Crippen molar-refractivity contribution in [2.24, 2.45) is 10.4 Å². The van der Waals surface area contributed by atoms with Gasteiger partial charge in [0, 0.05) is 72.2 Å². The lowest BCUT2D eigenvalue weighted by Gasteiger charge is -2.47. The fourth-order valence-corrected chi connectivity index (χ4v) is 7.90. The highest BCUT2D eigenvalue weighted by atomic mass is 35.5. The van der Waals surface area contributed by atoms with Gasteiger partial charge in [0.15, 0.2) is 0 Å². The van der Waals surface area contributed by atoms with E-state index in [1.807, 2.05) is 71.5 Å². The number of pyridine rings is 1. The highest BCUT2D eigenvalue weighted by molar-refractivity contribution is 6.36. The molecule has 3 aliphatic heterocycles. The van der Waals surface area contributed by atoms with E-state index in [1.54, 1.807) is 21.3 Å². The summed E-state index contributed by atoms with van der Waals surface area (Å²) in [6.45, 7) is 3.63. The Bertz CT molecular complexity index is 2170. The Morgan fingerprint density at radius 3 is 2.41 bits per heavy atom. The molecule has 1 spiro atoms. The van der Waals surface area contributed by atoms with Gasteiger partial charge >= 0.3 is 0 Å². The van der Waals surface area contributed by atoms with Gasteiger partial charge in [-0.15, -0.1) is 0 Å². The molecule has 0 aliphatic carbocycles. The predicted molar refractivity (Wildman–Crippen MR) is 195 cm³/mol. The predicted octanol–water partition coefficient (Wildman–Crippen LogP) is 4.47. The van der Waals surface area contributed by atoms with Crippen molar-refractivity contribution in [2.45, 2.75) is 19.0 Å². The van der Waals surface area contributed by atoms with Crippen molar-refractivity contribution in [3.8, 4) is 45.5 Å². The summed E-state index contributed by atoms with van der Waals surface area (Å²) in [6.07, 6.45) is 2.43. The summed E-state index contributed by atoms with van der Waals surface area (Å²) >= 11 is 7.20. The molecule has 1 atom stereocenters. The van der Waals surface area contributed by atoms with Crippen LogP contribution in [0, 0.1) is 5.41 Å². The maximum atomic E-state index is 11.8. The fourth-order valence-electron chi connectivity index (χ4n) is 7.57. The van der Waals surface area contributed by atoms with E-state index < -0.39 is 0 Å². The number of rotatable bonds is 10. The summed E-state index contributed by atoms with van der Waals surface area (Å²) < 4.78 is 19.2. The first-order valence-electron chi connectivity index (χ1n) is 16.8. The molecule has 2 saturated heterocycles. The minimum absolute atomic E-state index is 0.0233. The van der Waals surface area contributed by atoms with Gasteiger partial charge in [-0.05, 0) is 17.7 Å². The van der Waals surface area contributed by atoms with Crippen molar-refractivity contribution < 1.29 is 24.1 Å². The van der Waals surface area contributed by atoms with Gasteiger partial charge in [0.25, 0.3) is 0 Å². The molecular formula is C38H38ClN7O5. The molecule has 13 heteroatoms. The second-order valence-corrected chi connectivity index (χ2v) is 13.7. The molecule has 1 amide bonds. The van der Waals surface area contributed by atoms with Gasteiger partial charge in [-0.25, -0.2) is 9.67 Å². The summed E-state index contributed by atoms with van der Waals surface area (Å²) in [4.78, 5) is 23.6. The SMILES string of the molecule is COc1cc(-n2ncc3c(-c4cccc(-c5ccc(CN6CC7(CNC(=O)C7)C6)c(OC)n5)c4Cl)cccc32)cc(OC)c1C1=NC[C@@H](CO)N1. The number of aromatic nitrogens is 3.